The molecule has 3 rings (SSSR count). The second kappa shape index (κ2) is 6.80. The van der Waals surface area contributed by atoms with Crippen LogP contribution in [0.3, 0.4) is 0 Å². The van der Waals surface area contributed by atoms with Crippen LogP contribution >= 0.6 is 0 Å². The molecule has 0 aromatic heterocycles. The van der Waals surface area contributed by atoms with Crippen LogP contribution in [-0.4, -0.2) is 38.7 Å². The number of aliphatic hydroxyl groups is 1. The molecule has 0 unspecified atom stereocenters. The minimum Gasteiger partial charge on any atom is -0.470 e. The normalized spacial score (nSPS) is 20.1. The quantitative estimate of drug-likeness (QED) is 0.862. The molecule has 1 heterocycles. The second-order valence-electron chi connectivity index (χ2n) is 5.61. The number of anilines is 2. The number of aliphatic hydroxyl groups excluding tert-OH is 1. The number of nitrogens with one attached hydrogen (secondary N) is 1. The van der Waals surface area contributed by atoms with E-state index in [1.54, 1.807) is 55.6 Å². The number of sulfonamides is 1. The van der Waals surface area contributed by atoms with E-state index in [2.05, 4.69) is 5.32 Å². The molecule has 7 heteroatoms. The van der Waals surface area contributed by atoms with Gasteiger partial charge in [0.1, 0.15) is 5.75 Å². The molecule has 0 spiro atoms. The van der Waals surface area contributed by atoms with Gasteiger partial charge in [-0.05, 0) is 31.3 Å². The highest BCUT2D eigenvalue weighted by Gasteiger charge is 2.41. The largest absolute Gasteiger partial charge is 0.470 e. The summed E-state index contributed by atoms with van der Waals surface area (Å²) < 4.78 is 33.2. The van der Waals surface area contributed by atoms with Crippen molar-refractivity contribution in [2.24, 2.45) is 0 Å². The predicted molar refractivity (Wildman–Crippen MR) is 92.9 cm³/mol. The summed E-state index contributed by atoms with van der Waals surface area (Å²) in [4.78, 5) is 0. The Morgan fingerprint density at radius 2 is 1.83 bits per heavy atom. The molecular formula is C17H20N2O4S. The smallest absolute Gasteiger partial charge is 0.278 e. The maximum Gasteiger partial charge on any atom is 0.278 e. The summed E-state index contributed by atoms with van der Waals surface area (Å²) in [6, 6.07) is 15.9. The number of ether oxygens (including phenoxy) is 1. The number of nitrogens with zero attached hydrogens (tertiary/aromatic N) is 1. The lowest BCUT2D eigenvalue weighted by atomic mass is 10.2. The fourth-order valence-electron chi connectivity index (χ4n) is 2.74. The van der Waals surface area contributed by atoms with E-state index in [-0.39, 0.29) is 6.42 Å². The first-order valence-electron chi connectivity index (χ1n) is 7.71. The minimum atomic E-state index is -3.82. The number of hydrogen-bond donors (Lipinski definition) is 2. The van der Waals surface area contributed by atoms with E-state index >= 15 is 0 Å². The van der Waals surface area contributed by atoms with Crippen LogP contribution in [0.4, 0.5) is 11.4 Å². The van der Waals surface area contributed by atoms with Gasteiger partial charge in [-0.3, -0.25) is 0 Å². The third-order valence-electron chi connectivity index (χ3n) is 3.82. The highest BCUT2D eigenvalue weighted by molar-refractivity contribution is 7.93. The van der Waals surface area contributed by atoms with Crippen LogP contribution in [0.2, 0.25) is 0 Å². The van der Waals surface area contributed by atoms with E-state index in [0.717, 1.165) is 0 Å². The number of hydrogen-bond acceptors (Lipinski definition) is 5. The molecule has 2 aromatic carbocycles. The zero-order valence-corrected chi connectivity index (χ0v) is 14.1. The fourth-order valence-corrected chi connectivity index (χ4v) is 4.51. The first-order valence-corrected chi connectivity index (χ1v) is 9.22. The molecular weight excluding hydrogens is 328 g/mol. The molecule has 0 aliphatic carbocycles. The van der Waals surface area contributed by atoms with Gasteiger partial charge in [0.15, 0.2) is 0 Å². The topological polar surface area (TPSA) is 78.9 Å². The van der Waals surface area contributed by atoms with Crippen LogP contribution < -0.4 is 14.4 Å². The Morgan fingerprint density at radius 3 is 2.54 bits per heavy atom. The standard InChI is InChI=1S/C17H20N2O4S/c1-18-12-14(20)11-17-23-16-10-6-5-9-15(16)19(24(17,21)22)13-7-3-2-4-8-13/h2-10,14,17-18,20H,11-12H2,1H3/t14-,17+/m1/s1. The van der Waals surface area contributed by atoms with Gasteiger partial charge in [0, 0.05) is 13.0 Å². The van der Waals surface area contributed by atoms with Gasteiger partial charge in [0.2, 0.25) is 5.44 Å². The lowest BCUT2D eigenvalue weighted by molar-refractivity contribution is 0.124. The first kappa shape index (κ1) is 16.8. The van der Waals surface area contributed by atoms with Crippen molar-refractivity contribution < 1.29 is 18.3 Å². The molecule has 0 saturated carbocycles. The molecule has 2 atom stereocenters. The summed E-state index contributed by atoms with van der Waals surface area (Å²) in [7, 11) is -2.12. The van der Waals surface area contributed by atoms with Crippen LogP contribution in [0.25, 0.3) is 0 Å². The number of fused-ring (bicyclic) bond motifs is 1. The number of likely N-dealkylation sites (N-methyl/N-ethyl adjacent to an activating group) is 1. The van der Waals surface area contributed by atoms with Gasteiger partial charge < -0.3 is 15.2 Å². The summed E-state index contributed by atoms with van der Waals surface area (Å²) in [6.07, 6.45) is -0.835. The summed E-state index contributed by atoms with van der Waals surface area (Å²) in [6.45, 7) is 0.294. The van der Waals surface area contributed by atoms with Gasteiger partial charge >= 0.3 is 0 Å². The Hall–Kier alpha value is -2.09. The van der Waals surface area contributed by atoms with Crippen molar-refractivity contribution in [1.29, 1.82) is 0 Å². The molecule has 0 radical (unpaired) electrons. The molecule has 0 amide bonds. The molecule has 6 nitrogen and oxygen atoms in total. The SMILES string of the molecule is CNC[C@H](O)C[C@H]1Oc2ccccc2N(c2ccccc2)S1(=O)=O. The van der Waals surface area contributed by atoms with E-state index in [4.69, 9.17) is 4.74 Å². The van der Waals surface area contributed by atoms with Crippen molar-refractivity contribution >= 4 is 21.4 Å². The van der Waals surface area contributed by atoms with E-state index in [0.29, 0.717) is 23.7 Å². The van der Waals surface area contributed by atoms with E-state index in [1.165, 1.54) is 4.31 Å². The van der Waals surface area contributed by atoms with Gasteiger partial charge in [-0.25, -0.2) is 12.7 Å². The van der Waals surface area contributed by atoms with Crippen molar-refractivity contribution in [2.45, 2.75) is 18.0 Å². The fraction of sp³-hybridized carbons (Fsp3) is 0.294. The molecule has 0 fully saturated rings. The van der Waals surface area contributed by atoms with Gasteiger partial charge in [0.05, 0.1) is 17.5 Å². The van der Waals surface area contributed by atoms with Gasteiger partial charge in [-0.1, -0.05) is 30.3 Å². The van der Waals surface area contributed by atoms with Crippen molar-refractivity contribution in [3.8, 4) is 5.75 Å². The van der Waals surface area contributed by atoms with Crippen molar-refractivity contribution in [3.63, 3.8) is 0 Å². The molecule has 2 N–H and O–H groups in total. The minimum absolute atomic E-state index is 0.0131. The summed E-state index contributed by atoms with van der Waals surface area (Å²) in [5.41, 5.74) is -0.125. The van der Waals surface area contributed by atoms with Crippen LogP contribution in [0.5, 0.6) is 5.75 Å². The molecule has 24 heavy (non-hydrogen) atoms. The predicted octanol–water partition coefficient (Wildman–Crippen LogP) is 1.84. The summed E-state index contributed by atoms with van der Waals surface area (Å²) >= 11 is 0. The maximum atomic E-state index is 13.1. The average Bonchev–Trinajstić information content (AvgIpc) is 2.56. The van der Waals surface area contributed by atoms with Crippen LogP contribution in [-0.2, 0) is 10.0 Å². The molecule has 0 bridgehead atoms. The monoisotopic (exact) mass is 348 g/mol. The molecule has 128 valence electrons. The zero-order valence-electron chi connectivity index (χ0n) is 13.3. The van der Waals surface area contributed by atoms with Gasteiger partial charge in [0.25, 0.3) is 10.0 Å². The Morgan fingerprint density at radius 1 is 1.17 bits per heavy atom. The lowest BCUT2D eigenvalue weighted by Gasteiger charge is -2.36. The van der Waals surface area contributed by atoms with Crippen molar-refractivity contribution in [2.75, 3.05) is 17.9 Å². The van der Waals surface area contributed by atoms with Crippen LogP contribution in [0.15, 0.2) is 54.6 Å². The summed E-state index contributed by atoms with van der Waals surface area (Å²) in [5.74, 6) is 0.484. The molecule has 1 aliphatic heterocycles. The third kappa shape index (κ3) is 3.10. The summed E-state index contributed by atoms with van der Waals surface area (Å²) in [5, 5.41) is 12.8. The van der Waals surface area contributed by atoms with E-state index in [1.807, 2.05) is 6.07 Å². The number of rotatable bonds is 5. The Bertz CT molecular complexity index is 795. The third-order valence-corrected chi connectivity index (χ3v) is 5.69. The number of para-hydroxylation sites is 3. The Kier molecular flexibility index (Phi) is 4.75. The zero-order chi connectivity index (χ0) is 17.2. The number of benzene rings is 2. The highest BCUT2D eigenvalue weighted by Crippen LogP contribution is 2.42. The van der Waals surface area contributed by atoms with Crippen LogP contribution in [0.1, 0.15) is 6.42 Å². The average molecular weight is 348 g/mol. The molecule has 2 aromatic rings. The second-order valence-corrected chi connectivity index (χ2v) is 7.53. The van der Waals surface area contributed by atoms with Gasteiger partial charge in [-0.15, -0.1) is 0 Å². The van der Waals surface area contributed by atoms with Crippen molar-refractivity contribution in [1.82, 2.24) is 5.32 Å². The molecule has 0 saturated heterocycles. The highest BCUT2D eigenvalue weighted by atomic mass is 32.2. The Labute approximate surface area is 141 Å². The first-order chi connectivity index (χ1) is 11.5. The van der Waals surface area contributed by atoms with Gasteiger partial charge in [-0.2, -0.15) is 0 Å². The van der Waals surface area contributed by atoms with Crippen LogP contribution in [0, 0.1) is 0 Å². The molecule has 1 aliphatic rings. The van der Waals surface area contributed by atoms with E-state index in [9.17, 15) is 13.5 Å². The Balaban J connectivity index is 2.05. The van der Waals surface area contributed by atoms with E-state index < -0.39 is 21.6 Å². The van der Waals surface area contributed by atoms with Crippen molar-refractivity contribution in [3.05, 3.63) is 54.6 Å². The maximum absolute atomic E-state index is 13.1. The lowest BCUT2D eigenvalue weighted by Crippen LogP contribution is -2.45.